The first-order valence-corrected chi connectivity index (χ1v) is 11.8. The van der Waals surface area contributed by atoms with Crippen molar-refractivity contribution >= 4 is 23.3 Å². The van der Waals surface area contributed by atoms with E-state index in [-0.39, 0.29) is 29.9 Å². The molecule has 2 rings (SSSR count). The molecule has 0 bridgehead atoms. The van der Waals surface area contributed by atoms with E-state index in [4.69, 9.17) is 5.73 Å². The van der Waals surface area contributed by atoms with E-state index in [9.17, 15) is 14.4 Å². The molecular weight excluding hydrogens is 426 g/mol. The van der Waals surface area contributed by atoms with Gasteiger partial charge in [0.25, 0.3) is 0 Å². The van der Waals surface area contributed by atoms with Crippen LogP contribution in [0.15, 0.2) is 65.3 Å². The van der Waals surface area contributed by atoms with Crippen LogP contribution in [0.3, 0.4) is 0 Å². The highest BCUT2D eigenvalue weighted by molar-refractivity contribution is 6.11. The number of ketones is 1. The molecule has 0 heterocycles. The molecule has 0 radical (unpaired) electrons. The van der Waals surface area contributed by atoms with Gasteiger partial charge < -0.3 is 11.1 Å². The van der Waals surface area contributed by atoms with Crippen LogP contribution in [0.4, 0.5) is 0 Å². The van der Waals surface area contributed by atoms with E-state index in [0.717, 1.165) is 35.6 Å². The van der Waals surface area contributed by atoms with E-state index in [1.807, 2.05) is 36.4 Å². The molecule has 0 spiro atoms. The Morgan fingerprint density at radius 2 is 1.82 bits per heavy atom. The maximum Gasteiger partial charge on any atom is 0.221 e. The Morgan fingerprint density at radius 1 is 1.18 bits per heavy atom. The number of carbonyl (C=O) groups is 3. The Morgan fingerprint density at radius 3 is 2.35 bits per heavy atom. The van der Waals surface area contributed by atoms with Gasteiger partial charge in [-0.25, -0.2) is 0 Å². The molecular formula is C28H39N3O3. The number of nitrogens with one attached hydrogen (secondary N) is 1. The number of carbonyl (C=O) groups excluding carboxylic acids is 3. The zero-order chi connectivity index (χ0) is 25.5. The Labute approximate surface area is 204 Å². The van der Waals surface area contributed by atoms with Gasteiger partial charge in [-0.05, 0) is 54.0 Å². The zero-order valence-electron chi connectivity index (χ0n) is 21.1. The average molecular weight is 466 g/mol. The van der Waals surface area contributed by atoms with Gasteiger partial charge in [0.1, 0.15) is 0 Å². The van der Waals surface area contributed by atoms with E-state index < -0.39 is 0 Å². The van der Waals surface area contributed by atoms with Crippen molar-refractivity contribution in [2.24, 2.45) is 22.6 Å². The van der Waals surface area contributed by atoms with Crippen molar-refractivity contribution < 1.29 is 14.4 Å². The summed E-state index contributed by atoms with van der Waals surface area (Å²) in [5, 5.41) is 2.81. The van der Waals surface area contributed by atoms with Crippen LogP contribution in [0.25, 0.3) is 0 Å². The first-order chi connectivity index (χ1) is 16.1. The van der Waals surface area contributed by atoms with E-state index in [1.165, 1.54) is 13.3 Å². The third kappa shape index (κ3) is 12.1. The van der Waals surface area contributed by atoms with E-state index >= 15 is 0 Å². The van der Waals surface area contributed by atoms with Crippen molar-refractivity contribution in [3.63, 3.8) is 0 Å². The lowest BCUT2D eigenvalue weighted by Gasteiger charge is -2.18. The summed E-state index contributed by atoms with van der Waals surface area (Å²) in [7, 11) is 1.67. The molecule has 184 valence electrons. The highest BCUT2D eigenvalue weighted by Crippen LogP contribution is 2.21. The van der Waals surface area contributed by atoms with Crippen molar-refractivity contribution in [3.8, 4) is 0 Å². The molecule has 0 aromatic heterocycles. The Bertz CT molecular complexity index is 938. The van der Waals surface area contributed by atoms with Crippen molar-refractivity contribution in [1.82, 2.24) is 5.32 Å². The number of nitrogens with zero attached hydrogens (tertiary/aromatic N) is 1. The number of benzene rings is 1. The molecule has 6 heteroatoms. The molecule has 3 N–H and O–H groups in total. The van der Waals surface area contributed by atoms with Crippen LogP contribution < -0.4 is 11.1 Å². The summed E-state index contributed by atoms with van der Waals surface area (Å²) in [5.74, 6) is 0.685. The third-order valence-electron chi connectivity index (χ3n) is 5.37. The largest absolute Gasteiger partial charge is 0.369 e. The molecule has 1 aromatic rings. The van der Waals surface area contributed by atoms with Crippen molar-refractivity contribution in [1.29, 1.82) is 0 Å². The lowest BCUT2D eigenvalue weighted by atomic mass is 9.92. The maximum atomic E-state index is 12.3. The average Bonchev–Trinajstić information content (AvgIpc) is 2.79. The second-order valence-electron chi connectivity index (χ2n) is 8.81. The quantitative estimate of drug-likeness (QED) is 0.387. The number of hydrogen-bond acceptors (Lipinski definition) is 4. The van der Waals surface area contributed by atoms with Gasteiger partial charge in [-0.2, -0.15) is 0 Å². The number of amides is 2. The van der Waals surface area contributed by atoms with Crippen LogP contribution in [0.5, 0.6) is 0 Å². The Kier molecular flexibility index (Phi) is 13.1. The number of nitrogens with two attached hydrogens (primary N) is 1. The molecule has 1 atom stereocenters. The summed E-state index contributed by atoms with van der Waals surface area (Å²) in [6.45, 7) is 8.13. The second-order valence-corrected chi connectivity index (χ2v) is 8.81. The van der Waals surface area contributed by atoms with Crippen molar-refractivity contribution in [2.45, 2.75) is 59.8 Å². The first-order valence-electron chi connectivity index (χ1n) is 11.8. The summed E-state index contributed by atoms with van der Waals surface area (Å²) in [5.41, 5.74) is 8.48. The summed E-state index contributed by atoms with van der Waals surface area (Å²) >= 11 is 0. The molecule has 1 aromatic carbocycles. The predicted octanol–water partition coefficient (Wildman–Crippen LogP) is 4.69. The van der Waals surface area contributed by atoms with Gasteiger partial charge in [-0.3, -0.25) is 19.4 Å². The van der Waals surface area contributed by atoms with Gasteiger partial charge in [0.15, 0.2) is 5.78 Å². The first kappa shape index (κ1) is 28.8. The fraction of sp³-hybridized carbons (Fsp3) is 0.429. The van der Waals surface area contributed by atoms with Crippen LogP contribution in [-0.2, 0) is 20.8 Å². The van der Waals surface area contributed by atoms with Gasteiger partial charge in [0, 0.05) is 26.1 Å². The lowest BCUT2D eigenvalue weighted by Crippen LogP contribution is -2.22. The molecule has 1 aliphatic rings. The number of hydrogen-bond donors (Lipinski definition) is 2. The minimum absolute atomic E-state index is 0.0283. The molecule has 0 saturated carbocycles. The van der Waals surface area contributed by atoms with E-state index in [0.29, 0.717) is 12.1 Å². The molecule has 6 nitrogen and oxygen atoms in total. The molecule has 1 unspecified atom stereocenters. The summed E-state index contributed by atoms with van der Waals surface area (Å²) in [4.78, 5) is 38.7. The number of primary amides is 1. The minimum atomic E-state index is -0.375. The summed E-state index contributed by atoms with van der Waals surface area (Å²) in [6.07, 6.45) is 12.5. The van der Waals surface area contributed by atoms with Crippen LogP contribution in [0.1, 0.15) is 64.5 Å². The van der Waals surface area contributed by atoms with Gasteiger partial charge in [0.05, 0.1) is 12.1 Å². The van der Waals surface area contributed by atoms with Crippen LogP contribution in [0.2, 0.25) is 0 Å². The monoisotopic (exact) mass is 465 g/mol. The SMILES string of the molecule is CCC(C)C.CN=C(/C=C\C(=O)CCC1C=CC=C(NC(C)=O)C1)c1ccc(CC(N)=O)cc1. The van der Waals surface area contributed by atoms with Crippen LogP contribution >= 0.6 is 0 Å². The highest BCUT2D eigenvalue weighted by atomic mass is 16.1. The van der Waals surface area contributed by atoms with Crippen molar-refractivity contribution in [2.75, 3.05) is 7.05 Å². The normalized spacial score (nSPS) is 15.5. The second kappa shape index (κ2) is 15.5. The topological polar surface area (TPSA) is 102 Å². The number of allylic oxidation sites excluding steroid dienone is 6. The Balaban J connectivity index is 0.00000104. The van der Waals surface area contributed by atoms with Crippen LogP contribution in [-0.4, -0.2) is 30.4 Å². The molecule has 1 aliphatic carbocycles. The van der Waals surface area contributed by atoms with Crippen molar-refractivity contribution in [3.05, 3.63) is 71.5 Å². The molecule has 34 heavy (non-hydrogen) atoms. The zero-order valence-corrected chi connectivity index (χ0v) is 21.1. The van der Waals surface area contributed by atoms with Crippen LogP contribution in [0, 0.1) is 11.8 Å². The van der Waals surface area contributed by atoms with Gasteiger partial charge in [-0.1, -0.05) is 63.6 Å². The third-order valence-corrected chi connectivity index (χ3v) is 5.37. The summed E-state index contributed by atoms with van der Waals surface area (Å²) < 4.78 is 0. The molecule has 0 aliphatic heterocycles. The minimum Gasteiger partial charge on any atom is -0.369 e. The number of rotatable bonds is 10. The lowest BCUT2D eigenvalue weighted by molar-refractivity contribution is -0.118. The predicted molar refractivity (Wildman–Crippen MR) is 139 cm³/mol. The standard InChI is InChI=1S/C23H27N3O3.C5H12/c1-16(27)26-20-5-3-4-17(14-20)8-11-21(28)12-13-22(25-2)19-9-6-18(7-10-19)15-23(24)29;1-4-5(2)3/h3-7,9-10,12-13,17H,8,11,14-15H2,1-2H3,(H2,24,29)(H,26,27);5H,4H2,1-3H3/b13-12-,25-22?;. The maximum absolute atomic E-state index is 12.3. The Hall–Kier alpha value is -3.28. The fourth-order valence-electron chi connectivity index (χ4n) is 3.14. The van der Waals surface area contributed by atoms with E-state index in [1.54, 1.807) is 19.2 Å². The summed E-state index contributed by atoms with van der Waals surface area (Å²) in [6, 6.07) is 7.38. The smallest absolute Gasteiger partial charge is 0.221 e. The molecule has 0 fully saturated rings. The van der Waals surface area contributed by atoms with Gasteiger partial charge in [-0.15, -0.1) is 0 Å². The number of aliphatic imine (C=N–C) groups is 1. The van der Waals surface area contributed by atoms with E-state index in [2.05, 4.69) is 37.2 Å². The van der Waals surface area contributed by atoms with Gasteiger partial charge in [0.2, 0.25) is 11.8 Å². The van der Waals surface area contributed by atoms with Gasteiger partial charge >= 0.3 is 0 Å². The highest BCUT2D eigenvalue weighted by Gasteiger charge is 2.13. The molecule has 2 amide bonds. The fourth-order valence-corrected chi connectivity index (χ4v) is 3.14. The molecule has 0 saturated heterocycles.